The Morgan fingerprint density at radius 1 is 1.05 bits per heavy atom. The maximum Gasteiger partial charge on any atom is 0.269 e. The second kappa shape index (κ2) is 8.57. The number of aliphatic hydroxyl groups excluding tert-OH is 2. The number of carbonyl (C=O) groups excluding carboxylic acids is 3. The standard InChI is InChI=1S/C27H20N2O9/c28-26(35)22-19(31)11-15-9-14-10-17-13(4-1-12-2-6-16(7-3-12)29(37)38)5-8-18(30)21(17)23(32)20(14)24(33)27(15,36)25(22)34/h2-3,5-8,14-15,30-31,33,36H,9-11H2,(H2,28,35)/t14-,15+,27+/m1/s1. The first-order chi connectivity index (χ1) is 17.9. The smallest absolute Gasteiger partial charge is 0.269 e. The highest BCUT2D eigenvalue weighted by Crippen LogP contribution is 2.51. The number of phenolic OH excluding ortho intramolecular Hbond substituents is 1. The van der Waals surface area contributed by atoms with Gasteiger partial charge in [-0.25, -0.2) is 0 Å². The van der Waals surface area contributed by atoms with Gasteiger partial charge in [-0.05, 0) is 48.6 Å². The Bertz CT molecular complexity index is 1590. The van der Waals surface area contributed by atoms with Crippen LogP contribution >= 0.6 is 0 Å². The van der Waals surface area contributed by atoms with Gasteiger partial charge in [-0.15, -0.1) is 0 Å². The van der Waals surface area contributed by atoms with Crippen molar-refractivity contribution in [2.75, 3.05) is 0 Å². The lowest BCUT2D eigenvalue weighted by molar-refractivity contribution is -0.384. The molecule has 5 rings (SSSR count). The van der Waals surface area contributed by atoms with Crippen LogP contribution in [0, 0.1) is 33.8 Å². The van der Waals surface area contributed by atoms with Gasteiger partial charge in [0.25, 0.3) is 11.6 Å². The molecular formula is C27H20N2O9. The van der Waals surface area contributed by atoms with Gasteiger partial charge in [0.05, 0.1) is 10.5 Å². The largest absolute Gasteiger partial charge is 0.511 e. The van der Waals surface area contributed by atoms with E-state index < -0.39 is 56.9 Å². The monoisotopic (exact) mass is 516 g/mol. The number of rotatable bonds is 2. The van der Waals surface area contributed by atoms with Crippen molar-refractivity contribution in [1.82, 2.24) is 0 Å². The minimum Gasteiger partial charge on any atom is -0.511 e. The number of hydrogen-bond donors (Lipinski definition) is 5. The highest BCUT2D eigenvalue weighted by Gasteiger charge is 2.59. The Labute approximate surface area is 214 Å². The molecule has 0 saturated heterocycles. The zero-order valence-electron chi connectivity index (χ0n) is 19.6. The van der Waals surface area contributed by atoms with Crippen LogP contribution in [0.1, 0.15) is 39.9 Å². The molecule has 0 unspecified atom stereocenters. The van der Waals surface area contributed by atoms with Gasteiger partial charge in [0.15, 0.2) is 11.4 Å². The molecule has 38 heavy (non-hydrogen) atoms. The molecule has 0 radical (unpaired) electrons. The van der Waals surface area contributed by atoms with E-state index in [1.54, 1.807) is 0 Å². The minimum absolute atomic E-state index is 0.00773. The number of benzene rings is 2. The summed E-state index contributed by atoms with van der Waals surface area (Å²) < 4.78 is 0. The average molecular weight is 516 g/mol. The number of nitro benzene ring substituents is 1. The summed E-state index contributed by atoms with van der Waals surface area (Å²) >= 11 is 0. The number of nitrogens with zero attached hydrogens (tertiary/aromatic N) is 1. The lowest BCUT2D eigenvalue weighted by Gasteiger charge is -2.45. The number of aromatic hydroxyl groups is 1. The van der Waals surface area contributed by atoms with E-state index in [-0.39, 0.29) is 41.8 Å². The molecule has 1 amide bonds. The number of fused-ring (bicyclic) bond motifs is 3. The molecule has 0 fully saturated rings. The van der Waals surface area contributed by atoms with E-state index in [9.17, 15) is 44.9 Å². The van der Waals surface area contributed by atoms with E-state index >= 15 is 0 Å². The number of primary amides is 1. The first kappa shape index (κ1) is 24.7. The molecular weight excluding hydrogens is 496 g/mol. The first-order valence-electron chi connectivity index (χ1n) is 11.5. The summed E-state index contributed by atoms with van der Waals surface area (Å²) in [7, 11) is 0. The number of allylic oxidation sites excluding steroid dienone is 2. The number of aliphatic hydroxyl groups is 3. The fourth-order valence-corrected chi connectivity index (χ4v) is 5.54. The highest BCUT2D eigenvalue weighted by molar-refractivity contribution is 6.24. The van der Waals surface area contributed by atoms with Gasteiger partial charge >= 0.3 is 0 Å². The second-order valence-corrected chi connectivity index (χ2v) is 9.45. The number of amides is 1. The number of nitro groups is 1. The van der Waals surface area contributed by atoms with Crippen LogP contribution in [0.3, 0.4) is 0 Å². The van der Waals surface area contributed by atoms with E-state index in [1.165, 1.54) is 36.4 Å². The SMILES string of the molecule is NC(=O)C1=C(O)C[C@@H]2C[C@@H]3Cc4c(C#Cc5ccc([N+](=O)[O-])cc5)ccc(O)c4C(=O)C3=C(O)[C@]2(O)C1=O. The molecule has 0 aromatic heterocycles. The van der Waals surface area contributed by atoms with Crippen LogP contribution in [-0.2, 0) is 16.0 Å². The van der Waals surface area contributed by atoms with E-state index in [1.807, 2.05) is 0 Å². The lowest BCUT2D eigenvalue weighted by atomic mass is 9.60. The molecule has 11 heteroatoms. The second-order valence-electron chi connectivity index (χ2n) is 9.45. The Hall–Kier alpha value is -4.95. The van der Waals surface area contributed by atoms with Crippen molar-refractivity contribution < 1.29 is 39.7 Å². The predicted octanol–water partition coefficient (Wildman–Crippen LogP) is 1.89. The maximum absolute atomic E-state index is 13.5. The van der Waals surface area contributed by atoms with Crippen LogP contribution in [0.2, 0.25) is 0 Å². The Kier molecular flexibility index (Phi) is 5.58. The summed E-state index contributed by atoms with van der Waals surface area (Å²) in [5.41, 5.74) is 2.53. The molecule has 0 bridgehead atoms. The number of non-ortho nitro benzene ring substituents is 1. The molecule has 3 aliphatic carbocycles. The molecule has 0 saturated carbocycles. The summed E-state index contributed by atoms with van der Waals surface area (Å²) in [5.74, 6) is -1.18. The number of nitrogens with two attached hydrogens (primary N) is 1. The molecule has 11 nitrogen and oxygen atoms in total. The van der Waals surface area contributed by atoms with Gasteiger partial charge in [-0.3, -0.25) is 24.5 Å². The van der Waals surface area contributed by atoms with Crippen molar-refractivity contribution in [3.63, 3.8) is 0 Å². The fourth-order valence-electron chi connectivity index (χ4n) is 5.54. The van der Waals surface area contributed by atoms with Crippen molar-refractivity contribution in [1.29, 1.82) is 0 Å². The molecule has 3 atom stereocenters. The fraction of sp³-hybridized carbons (Fsp3) is 0.222. The predicted molar refractivity (Wildman–Crippen MR) is 130 cm³/mol. The van der Waals surface area contributed by atoms with E-state index in [4.69, 9.17) is 5.73 Å². The zero-order chi connectivity index (χ0) is 27.5. The Morgan fingerprint density at radius 2 is 1.74 bits per heavy atom. The molecule has 0 heterocycles. The summed E-state index contributed by atoms with van der Waals surface area (Å²) in [4.78, 5) is 48.6. The number of ketones is 2. The van der Waals surface area contributed by atoms with Gasteiger partial charge < -0.3 is 26.2 Å². The third-order valence-electron chi connectivity index (χ3n) is 7.36. The Morgan fingerprint density at radius 3 is 2.37 bits per heavy atom. The normalized spacial score (nSPS) is 24.1. The van der Waals surface area contributed by atoms with Crippen LogP contribution in [0.15, 0.2) is 59.1 Å². The summed E-state index contributed by atoms with van der Waals surface area (Å²) in [6.07, 6.45) is -0.191. The molecule has 0 aliphatic heterocycles. The van der Waals surface area contributed by atoms with Crippen molar-refractivity contribution in [3.8, 4) is 17.6 Å². The first-order valence-corrected chi connectivity index (χ1v) is 11.5. The van der Waals surface area contributed by atoms with Gasteiger partial charge in [0.1, 0.15) is 22.8 Å². The number of Topliss-reactive ketones (excluding diaryl/α,β-unsaturated/α-hetero) is 2. The number of hydrogen-bond acceptors (Lipinski definition) is 9. The van der Waals surface area contributed by atoms with Gasteiger partial charge in [0.2, 0.25) is 5.78 Å². The number of phenols is 1. The molecule has 2 aromatic carbocycles. The van der Waals surface area contributed by atoms with Crippen molar-refractivity contribution >= 4 is 23.2 Å². The summed E-state index contributed by atoms with van der Waals surface area (Å²) in [6.45, 7) is 0. The van der Waals surface area contributed by atoms with Crippen molar-refractivity contribution in [3.05, 3.63) is 91.4 Å². The van der Waals surface area contributed by atoms with Gasteiger partial charge in [0, 0.05) is 41.2 Å². The summed E-state index contributed by atoms with van der Waals surface area (Å²) in [6, 6.07) is 8.34. The third kappa shape index (κ3) is 3.54. The minimum atomic E-state index is -2.63. The highest BCUT2D eigenvalue weighted by atomic mass is 16.6. The van der Waals surface area contributed by atoms with Crippen molar-refractivity contribution in [2.45, 2.75) is 24.9 Å². The molecule has 192 valence electrons. The zero-order valence-corrected chi connectivity index (χ0v) is 19.6. The van der Waals surface area contributed by atoms with Gasteiger partial charge in [-0.1, -0.05) is 11.8 Å². The average Bonchev–Trinajstić information content (AvgIpc) is 2.85. The number of carbonyl (C=O) groups is 3. The molecule has 6 N–H and O–H groups in total. The Balaban J connectivity index is 1.59. The van der Waals surface area contributed by atoms with Crippen LogP contribution in [-0.4, -0.2) is 48.4 Å². The molecule has 3 aliphatic rings. The van der Waals surface area contributed by atoms with E-state index in [0.717, 1.165) is 0 Å². The molecule has 0 spiro atoms. The van der Waals surface area contributed by atoms with Crippen LogP contribution in [0.25, 0.3) is 0 Å². The van der Waals surface area contributed by atoms with E-state index in [2.05, 4.69) is 11.8 Å². The lowest BCUT2D eigenvalue weighted by Crippen LogP contribution is -2.57. The van der Waals surface area contributed by atoms with Crippen LogP contribution in [0.4, 0.5) is 5.69 Å². The maximum atomic E-state index is 13.5. The van der Waals surface area contributed by atoms with Crippen LogP contribution in [0.5, 0.6) is 5.75 Å². The van der Waals surface area contributed by atoms with Crippen molar-refractivity contribution in [2.24, 2.45) is 17.6 Å². The van der Waals surface area contributed by atoms with Gasteiger partial charge in [-0.2, -0.15) is 0 Å². The summed E-state index contributed by atoms with van der Waals surface area (Å²) in [5, 5.41) is 54.0. The topological polar surface area (TPSA) is 201 Å². The third-order valence-corrected chi connectivity index (χ3v) is 7.36. The van der Waals surface area contributed by atoms with E-state index in [0.29, 0.717) is 16.7 Å². The quantitative estimate of drug-likeness (QED) is 0.171. The molecule has 2 aromatic rings. The van der Waals surface area contributed by atoms with Crippen LogP contribution < -0.4 is 5.73 Å².